The third-order valence-corrected chi connectivity index (χ3v) is 0.971. The minimum Gasteiger partial charge on any atom is -0.368 e. The topological polar surface area (TPSA) is 97.6 Å². The van der Waals surface area contributed by atoms with E-state index in [-0.39, 0.29) is 12.2 Å². The van der Waals surface area contributed by atoms with Crippen molar-refractivity contribution in [3.8, 4) is 6.07 Å². The first kappa shape index (κ1) is 7.21. The maximum absolute atomic E-state index is 10.3. The van der Waals surface area contributed by atoms with Crippen LogP contribution in [0.1, 0.15) is 5.69 Å². The summed E-state index contributed by atoms with van der Waals surface area (Å²) in [4.78, 5) is 10.3. The minimum absolute atomic E-state index is 0.0469. The van der Waals surface area contributed by atoms with Crippen LogP contribution in [-0.4, -0.2) is 20.9 Å². The molecule has 0 unspecified atom stereocenters. The molecule has 0 aliphatic carbocycles. The average molecular weight is 151 g/mol. The van der Waals surface area contributed by atoms with Gasteiger partial charge in [-0.1, -0.05) is 5.21 Å². The monoisotopic (exact) mass is 151 g/mol. The van der Waals surface area contributed by atoms with E-state index in [0.717, 1.165) is 0 Å². The standard InChI is InChI=1S/C5H5N5O/c6-1-4-2-10(9-8-4)3-5(7)11/h2H,3H2,(H2,7,11). The lowest BCUT2D eigenvalue weighted by atomic mass is 10.5. The SMILES string of the molecule is N#Cc1cn(CC(N)=O)nn1. The van der Waals surface area contributed by atoms with E-state index >= 15 is 0 Å². The van der Waals surface area contributed by atoms with Crippen LogP contribution < -0.4 is 5.73 Å². The highest BCUT2D eigenvalue weighted by Crippen LogP contribution is 1.88. The van der Waals surface area contributed by atoms with E-state index in [1.807, 2.05) is 0 Å². The molecule has 11 heavy (non-hydrogen) atoms. The first-order chi connectivity index (χ1) is 5.22. The van der Waals surface area contributed by atoms with Gasteiger partial charge in [-0.3, -0.25) is 4.79 Å². The molecule has 0 aliphatic rings. The van der Waals surface area contributed by atoms with E-state index in [4.69, 9.17) is 11.0 Å². The Kier molecular flexibility index (Phi) is 1.83. The van der Waals surface area contributed by atoms with Crippen molar-refractivity contribution in [2.24, 2.45) is 5.73 Å². The van der Waals surface area contributed by atoms with E-state index in [2.05, 4.69) is 10.3 Å². The van der Waals surface area contributed by atoms with Crippen molar-refractivity contribution < 1.29 is 4.79 Å². The smallest absolute Gasteiger partial charge is 0.239 e. The number of primary amides is 1. The molecule has 0 saturated heterocycles. The summed E-state index contributed by atoms with van der Waals surface area (Å²) in [5, 5.41) is 15.2. The highest BCUT2D eigenvalue weighted by Gasteiger charge is 2.00. The molecule has 0 aliphatic heterocycles. The predicted octanol–water partition coefficient (Wildman–Crippen LogP) is -1.36. The number of nitrogens with zero attached hydrogens (tertiary/aromatic N) is 4. The Morgan fingerprint density at radius 2 is 2.64 bits per heavy atom. The first-order valence-electron chi connectivity index (χ1n) is 2.81. The van der Waals surface area contributed by atoms with Crippen LogP contribution in [0.25, 0.3) is 0 Å². The summed E-state index contributed by atoms with van der Waals surface area (Å²) in [5.74, 6) is -0.514. The summed E-state index contributed by atoms with van der Waals surface area (Å²) in [5.41, 5.74) is 5.04. The van der Waals surface area contributed by atoms with Gasteiger partial charge in [0, 0.05) is 0 Å². The van der Waals surface area contributed by atoms with Gasteiger partial charge in [0.25, 0.3) is 0 Å². The fraction of sp³-hybridized carbons (Fsp3) is 0.200. The molecule has 0 fully saturated rings. The Morgan fingerprint density at radius 3 is 3.09 bits per heavy atom. The van der Waals surface area contributed by atoms with Crippen molar-refractivity contribution in [3.63, 3.8) is 0 Å². The van der Waals surface area contributed by atoms with Gasteiger partial charge in [-0.15, -0.1) is 5.10 Å². The summed E-state index contributed by atoms with van der Waals surface area (Å²) in [6.07, 6.45) is 1.35. The van der Waals surface area contributed by atoms with Gasteiger partial charge in [0.2, 0.25) is 5.91 Å². The number of hydrogen-bond donors (Lipinski definition) is 1. The second-order valence-electron chi connectivity index (χ2n) is 1.88. The zero-order valence-electron chi connectivity index (χ0n) is 5.56. The molecule has 6 heteroatoms. The van der Waals surface area contributed by atoms with Crippen LogP contribution in [0.15, 0.2) is 6.20 Å². The van der Waals surface area contributed by atoms with Crippen molar-refractivity contribution in [3.05, 3.63) is 11.9 Å². The number of carbonyl (C=O) groups is 1. The van der Waals surface area contributed by atoms with Crippen LogP contribution in [-0.2, 0) is 11.3 Å². The Labute approximate surface area is 62.2 Å². The number of carbonyl (C=O) groups excluding carboxylic acids is 1. The summed E-state index contributed by atoms with van der Waals surface area (Å²) >= 11 is 0. The van der Waals surface area contributed by atoms with Crippen LogP contribution in [0.2, 0.25) is 0 Å². The van der Waals surface area contributed by atoms with Crippen LogP contribution in [0.4, 0.5) is 0 Å². The molecular formula is C5H5N5O. The Hall–Kier alpha value is -1.90. The van der Waals surface area contributed by atoms with Gasteiger partial charge in [0.1, 0.15) is 12.6 Å². The largest absolute Gasteiger partial charge is 0.368 e. The van der Waals surface area contributed by atoms with Crippen molar-refractivity contribution in [2.45, 2.75) is 6.54 Å². The maximum Gasteiger partial charge on any atom is 0.239 e. The fourth-order valence-corrected chi connectivity index (χ4v) is 0.587. The summed E-state index contributed by atoms with van der Waals surface area (Å²) in [6, 6.07) is 1.77. The normalized spacial score (nSPS) is 9.00. The van der Waals surface area contributed by atoms with Crippen molar-refractivity contribution in [2.75, 3.05) is 0 Å². The minimum atomic E-state index is -0.514. The van der Waals surface area contributed by atoms with Crippen LogP contribution in [0.5, 0.6) is 0 Å². The zero-order chi connectivity index (χ0) is 8.27. The maximum atomic E-state index is 10.3. The fourth-order valence-electron chi connectivity index (χ4n) is 0.587. The summed E-state index contributed by atoms with van der Waals surface area (Å²) in [6.45, 7) is -0.0469. The molecule has 2 N–H and O–H groups in total. The van der Waals surface area contributed by atoms with E-state index in [0.29, 0.717) is 0 Å². The van der Waals surface area contributed by atoms with Gasteiger partial charge in [-0.25, -0.2) is 4.68 Å². The van der Waals surface area contributed by atoms with Gasteiger partial charge in [-0.2, -0.15) is 5.26 Å². The number of rotatable bonds is 2. The molecule has 0 bridgehead atoms. The van der Waals surface area contributed by atoms with Crippen molar-refractivity contribution in [1.29, 1.82) is 5.26 Å². The third-order valence-electron chi connectivity index (χ3n) is 0.971. The van der Waals surface area contributed by atoms with E-state index in [1.54, 1.807) is 6.07 Å². The van der Waals surface area contributed by atoms with Gasteiger partial charge in [0.05, 0.1) is 6.20 Å². The van der Waals surface area contributed by atoms with E-state index in [1.165, 1.54) is 10.9 Å². The van der Waals surface area contributed by atoms with Crippen LogP contribution in [0, 0.1) is 11.3 Å². The second-order valence-corrected chi connectivity index (χ2v) is 1.88. The lowest BCUT2D eigenvalue weighted by molar-refractivity contribution is -0.118. The van der Waals surface area contributed by atoms with Crippen molar-refractivity contribution >= 4 is 5.91 Å². The van der Waals surface area contributed by atoms with Gasteiger partial charge < -0.3 is 5.73 Å². The Balaban J connectivity index is 2.75. The Bertz CT molecular complexity index is 309. The molecule has 0 atom stereocenters. The highest BCUT2D eigenvalue weighted by atomic mass is 16.1. The van der Waals surface area contributed by atoms with Gasteiger partial charge in [0.15, 0.2) is 5.69 Å². The third kappa shape index (κ3) is 1.76. The Morgan fingerprint density at radius 1 is 1.91 bits per heavy atom. The molecule has 1 aromatic heterocycles. The molecule has 1 amide bonds. The number of nitriles is 1. The number of nitrogens with two attached hydrogens (primary N) is 1. The molecule has 1 heterocycles. The molecule has 0 saturated carbocycles. The molecule has 1 aromatic rings. The molecular weight excluding hydrogens is 146 g/mol. The van der Waals surface area contributed by atoms with Crippen LogP contribution >= 0.6 is 0 Å². The van der Waals surface area contributed by atoms with E-state index in [9.17, 15) is 4.79 Å². The van der Waals surface area contributed by atoms with Crippen molar-refractivity contribution in [1.82, 2.24) is 15.0 Å². The number of hydrogen-bond acceptors (Lipinski definition) is 4. The predicted molar refractivity (Wildman–Crippen MR) is 33.9 cm³/mol. The first-order valence-corrected chi connectivity index (χ1v) is 2.81. The number of amides is 1. The molecule has 1 rings (SSSR count). The van der Waals surface area contributed by atoms with Crippen LogP contribution in [0.3, 0.4) is 0 Å². The quantitative estimate of drug-likeness (QED) is 0.564. The highest BCUT2D eigenvalue weighted by molar-refractivity contribution is 5.73. The lowest BCUT2D eigenvalue weighted by Gasteiger charge is -1.90. The molecule has 0 spiro atoms. The van der Waals surface area contributed by atoms with E-state index < -0.39 is 5.91 Å². The summed E-state index contributed by atoms with van der Waals surface area (Å²) < 4.78 is 1.21. The zero-order valence-corrected chi connectivity index (χ0v) is 5.56. The summed E-state index contributed by atoms with van der Waals surface area (Å²) in [7, 11) is 0. The lowest BCUT2D eigenvalue weighted by Crippen LogP contribution is -2.18. The average Bonchev–Trinajstić information content (AvgIpc) is 2.34. The molecule has 56 valence electrons. The van der Waals surface area contributed by atoms with Gasteiger partial charge >= 0.3 is 0 Å². The molecule has 0 radical (unpaired) electrons. The second kappa shape index (κ2) is 2.79. The molecule has 0 aromatic carbocycles. The van der Waals surface area contributed by atoms with Gasteiger partial charge in [-0.05, 0) is 0 Å². The molecule has 6 nitrogen and oxygen atoms in total. The number of aromatic nitrogens is 3.